The molecule has 0 unspecified atom stereocenters. The summed E-state index contributed by atoms with van der Waals surface area (Å²) in [5.74, 6) is 0. The molecule has 1 rings (SSSR count). The molecule has 152 valence electrons. The second-order valence-electron chi connectivity index (χ2n) is 2.79. The van der Waals surface area contributed by atoms with Crippen LogP contribution in [0, 0.1) is 6.08 Å². The van der Waals surface area contributed by atoms with Crippen LogP contribution in [0.5, 0.6) is 0 Å². The van der Waals surface area contributed by atoms with Crippen LogP contribution >= 0.6 is 0 Å². The monoisotopic (exact) mass is 517 g/mol. The molecule has 0 radical (unpaired) electrons. The zero-order chi connectivity index (χ0) is 20.4. The molecule has 0 atom stereocenters. The van der Waals surface area contributed by atoms with E-state index < -0.39 is 0 Å². The Morgan fingerprint density at radius 2 is 0.840 bits per heavy atom. The molecule has 0 spiro atoms. The molecule has 0 saturated carbocycles. The van der Waals surface area contributed by atoms with Gasteiger partial charge in [-0.25, -0.2) is 12.2 Å². The molecule has 0 amide bonds. The number of aliphatic hydroxyl groups is 3. The third-order valence-electron chi connectivity index (χ3n) is 0.586. The Balaban J connectivity index is -0.0000000170. The maximum Gasteiger partial charge on any atom is 4.00 e. The van der Waals surface area contributed by atoms with Crippen LogP contribution in [0.3, 0.4) is 0 Å². The average Bonchev–Trinajstić information content (AvgIpc) is 3.15. The first-order valence-electron chi connectivity index (χ1n) is 6.64. The molecule has 0 bridgehead atoms. The van der Waals surface area contributed by atoms with Crippen LogP contribution < -0.4 is 0 Å². The van der Waals surface area contributed by atoms with Crippen LogP contribution in [0.1, 0.15) is 6.42 Å². The molecular weight excluding hydrogens is 479 g/mol. The van der Waals surface area contributed by atoms with Gasteiger partial charge in [0.15, 0.2) is 0 Å². The summed E-state index contributed by atoms with van der Waals surface area (Å²) >= 11 is 0. The molecule has 7 nitrogen and oxygen atoms in total. The van der Waals surface area contributed by atoms with E-state index in [1.165, 1.54) is 0 Å². The zero-order valence-corrected chi connectivity index (χ0v) is 23.0. The Labute approximate surface area is 196 Å². The van der Waals surface area contributed by atoms with Crippen molar-refractivity contribution in [1.82, 2.24) is 0 Å². The van der Waals surface area contributed by atoms with Crippen molar-refractivity contribution in [3.63, 3.8) is 0 Å². The van der Waals surface area contributed by atoms with E-state index in [1.54, 1.807) is 56.4 Å². The van der Waals surface area contributed by atoms with Crippen molar-refractivity contribution in [2.24, 2.45) is 0 Å². The van der Waals surface area contributed by atoms with Gasteiger partial charge in [0, 0.05) is 47.5 Å². The van der Waals surface area contributed by atoms with E-state index in [0.717, 1.165) is 27.8 Å². The fourth-order valence-corrected chi connectivity index (χ4v) is 0.340. The Morgan fingerprint density at radius 1 is 0.640 bits per heavy atom. The van der Waals surface area contributed by atoms with Crippen molar-refractivity contribution >= 4 is 0 Å². The summed E-state index contributed by atoms with van der Waals surface area (Å²) in [5.41, 5.74) is 0. The van der Waals surface area contributed by atoms with Crippen molar-refractivity contribution in [3.05, 3.63) is 45.6 Å². The molecule has 0 saturated heterocycles. The molecule has 0 aromatic carbocycles. The number of hydrogen-bond acceptors (Lipinski definition) is 3. The Morgan fingerprint density at radius 3 is 0.880 bits per heavy atom. The predicted molar refractivity (Wildman–Crippen MR) is 107 cm³/mol. The summed E-state index contributed by atoms with van der Waals surface area (Å²) in [5, 5.41) is 35.0. The van der Waals surface area contributed by atoms with E-state index in [2.05, 4.69) is 33.4 Å². The van der Waals surface area contributed by atoms with Crippen LogP contribution in [-0.2, 0) is 52.4 Å². The van der Waals surface area contributed by atoms with Gasteiger partial charge < -0.3 is 36.6 Å². The van der Waals surface area contributed by atoms with E-state index >= 15 is 0 Å². The second-order valence-corrected chi connectivity index (χ2v) is 2.79. The SMILES string of the molecule is CO.CO.CO.C[N-]C.C[N-]C.C[N-]C.C[N-]C.[C-]1=CC=CC1.[Zr+4].[Zr]. The molecule has 9 heteroatoms. The van der Waals surface area contributed by atoms with Gasteiger partial charge in [-0.15, -0.1) is 6.42 Å². The van der Waals surface area contributed by atoms with Gasteiger partial charge in [-0.1, -0.05) is 0 Å². The predicted octanol–water partition coefficient (Wildman–Crippen LogP) is 2.60. The number of allylic oxidation sites excluding steroid dienone is 4. The second kappa shape index (κ2) is 144. The Bertz CT molecular complexity index is 129. The standard InChI is InChI=1S/C5H5.4C2H6N.3CH4O.2Zr/c1-2-4-5-3-1;4*1-3-2;3*1-2;;/h1-3H,4H2;4*1-2H3;3*2H,1H3;;/q5*-1;;;;;+4. The van der Waals surface area contributed by atoms with E-state index in [1.807, 2.05) is 12.2 Å². The maximum absolute atomic E-state index is 7.00. The molecule has 1 aliphatic carbocycles. The normalized spacial score (nSPS) is 7.12. The summed E-state index contributed by atoms with van der Waals surface area (Å²) in [6.45, 7) is 0. The maximum atomic E-state index is 7.00. The first-order valence-corrected chi connectivity index (χ1v) is 6.64. The first-order chi connectivity index (χ1) is 11.2. The quantitative estimate of drug-likeness (QED) is 0.427. The molecule has 3 N–H and O–H groups in total. The molecular formula is C16H41N4O3Zr2-. The smallest absolute Gasteiger partial charge is 0.668 e. The molecule has 0 fully saturated rings. The van der Waals surface area contributed by atoms with Gasteiger partial charge in [0.2, 0.25) is 0 Å². The van der Waals surface area contributed by atoms with Gasteiger partial charge in [-0.2, -0.15) is 62.5 Å². The number of rotatable bonds is 0. The number of aliphatic hydroxyl groups excluding tert-OH is 3. The summed E-state index contributed by atoms with van der Waals surface area (Å²) < 4.78 is 0. The number of hydrogen-bond donors (Lipinski definition) is 3. The zero-order valence-electron chi connectivity index (χ0n) is 18.1. The molecule has 25 heavy (non-hydrogen) atoms. The molecule has 0 aromatic heterocycles. The topological polar surface area (TPSA) is 117 Å². The minimum Gasteiger partial charge on any atom is -0.668 e. The van der Waals surface area contributed by atoms with Gasteiger partial charge >= 0.3 is 26.2 Å². The largest absolute Gasteiger partial charge is 4.00 e. The first kappa shape index (κ1) is 56.2. The average molecular weight is 520 g/mol. The molecule has 0 heterocycles. The van der Waals surface area contributed by atoms with E-state index in [0.29, 0.717) is 0 Å². The third-order valence-corrected chi connectivity index (χ3v) is 0.586. The van der Waals surface area contributed by atoms with E-state index in [4.69, 9.17) is 15.3 Å². The summed E-state index contributed by atoms with van der Waals surface area (Å²) in [4.78, 5) is 0. The van der Waals surface area contributed by atoms with Crippen molar-refractivity contribution in [3.8, 4) is 0 Å². The minimum atomic E-state index is 0. The minimum absolute atomic E-state index is 0. The van der Waals surface area contributed by atoms with Gasteiger partial charge in [0.05, 0.1) is 0 Å². The Kier molecular flexibility index (Phi) is 325. The molecule has 0 aliphatic heterocycles. The van der Waals surface area contributed by atoms with Gasteiger partial charge in [0.1, 0.15) is 0 Å². The summed E-state index contributed by atoms with van der Waals surface area (Å²) in [7, 11) is 17.0. The van der Waals surface area contributed by atoms with Crippen LogP contribution in [0.15, 0.2) is 18.2 Å². The third kappa shape index (κ3) is 370. The fourth-order valence-electron chi connectivity index (χ4n) is 0.340. The molecule has 0 aromatic rings. The van der Waals surface area contributed by atoms with E-state index in [-0.39, 0.29) is 52.4 Å². The van der Waals surface area contributed by atoms with Crippen LogP contribution in [-0.4, -0.2) is 93.0 Å². The van der Waals surface area contributed by atoms with Crippen LogP contribution in [0.2, 0.25) is 0 Å². The fraction of sp³-hybridized carbons (Fsp3) is 0.750. The summed E-state index contributed by atoms with van der Waals surface area (Å²) in [6.07, 6.45) is 10.0. The van der Waals surface area contributed by atoms with Crippen LogP contribution in [0.25, 0.3) is 21.3 Å². The van der Waals surface area contributed by atoms with Crippen molar-refractivity contribution in [2.45, 2.75) is 6.42 Å². The van der Waals surface area contributed by atoms with Crippen molar-refractivity contribution in [1.29, 1.82) is 0 Å². The van der Waals surface area contributed by atoms with Crippen molar-refractivity contribution < 1.29 is 67.7 Å². The molecule has 1 aliphatic rings. The van der Waals surface area contributed by atoms with Crippen molar-refractivity contribution in [2.75, 3.05) is 77.7 Å². The van der Waals surface area contributed by atoms with E-state index in [9.17, 15) is 0 Å². The van der Waals surface area contributed by atoms with Gasteiger partial charge in [-0.3, -0.25) is 6.08 Å². The Hall–Kier alpha value is 0.966. The van der Waals surface area contributed by atoms with Gasteiger partial charge in [0.25, 0.3) is 0 Å². The van der Waals surface area contributed by atoms with Gasteiger partial charge in [-0.05, 0) is 0 Å². The van der Waals surface area contributed by atoms with Crippen LogP contribution in [0.4, 0.5) is 0 Å². The number of nitrogens with zero attached hydrogens (tertiary/aromatic N) is 4. The summed E-state index contributed by atoms with van der Waals surface area (Å²) in [6, 6.07) is 0.